The number of rotatable bonds is 3. The number of nitrogens with one attached hydrogen (secondary N) is 1. The fraction of sp³-hybridized carbons (Fsp3) is 0.222. The number of fused-ring (bicyclic) bond motifs is 1. The number of aromatic hydroxyl groups is 1. The predicted molar refractivity (Wildman–Crippen MR) is 90.4 cm³/mol. The van der Waals surface area contributed by atoms with Crippen molar-refractivity contribution in [3.05, 3.63) is 53.3 Å². The largest absolute Gasteiger partial charge is 0.506 e. The highest BCUT2D eigenvalue weighted by Crippen LogP contribution is 2.44. The Hall–Kier alpha value is -3.30. The molecule has 0 fully saturated rings. The van der Waals surface area contributed by atoms with Crippen LogP contribution in [0.3, 0.4) is 0 Å². The summed E-state index contributed by atoms with van der Waals surface area (Å²) in [5, 5.41) is 12.4. The summed E-state index contributed by atoms with van der Waals surface area (Å²) < 4.78 is 58.0. The van der Waals surface area contributed by atoms with Crippen LogP contribution in [-0.2, 0) is 15.7 Å². The average Bonchev–Trinajstić information content (AvgIpc) is 2.62. The third-order valence-electron chi connectivity index (χ3n) is 4.32. The van der Waals surface area contributed by atoms with Crippen LogP contribution in [-0.4, -0.2) is 24.2 Å². The van der Waals surface area contributed by atoms with E-state index in [1.165, 1.54) is 12.1 Å². The highest BCUT2D eigenvalue weighted by Gasteiger charge is 2.39. The Morgan fingerprint density at radius 3 is 2.64 bits per heavy atom. The van der Waals surface area contributed by atoms with Crippen molar-refractivity contribution in [2.75, 3.05) is 17.3 Å². The van der Waals surface area contributed by atoms with Gasteiger partial charge >= 0.3 is 18.2 Å². The molecule has 0 saturated carbocycles. The van der Waals surface area contributed by atoms with Gasteiger partial charge in [0.15, 0.2) is 0 Å². The zero-order valence-electron chi connectivity index (χ0n) is 14.4. The number of nitrogens with zero attached hydrogens (tertiary/aromatic N) is 1. The summed E-state index contributed by atoms with van der Waals surface area (Å²) in [6.07, 6.45) is -5.19. The first kappa shape index (κ1) is 19.5. The van der Waals surface area contributed by atoms with Gasteiger partial charge in [0, 0.05) is 5.56 Å². The summed E-state index contributed by atoms with van der Waals surface area (Å²) >= 11 is 0. The minimum Gasteiger partial charge on any atom is -0.506 e. The number of phenolic OH excluding ortho intramolecular Hbond substituents is 1. The zero-order chi connectivity index (χ0) is 20.6. The van der Waals surface area contributed by atoms with Crippen molar-refractivity contribution in [2.24, 2.45) is 0 Å². The van der Waals surface area contributed by atoms with Crippen LogP contribution in [0.2, 0.25) is 0 Å². The fourth-order valence-electron chi connectivity index (χ4n) is 3.01. The summed E-state index contributed by atoms with van der Waals surface area (Å²) in [4.78, 5) is 25.2. The molecule has 0 saturated heterocycles. The molecule has 0 spiro atoms. The molecule has 10 heteroatoms. The third kappa shape index (κ3) is 3.45. The maximum Gasteiger partial charge on any atom is 0.416 e. The summed E-state index contributed by atoms with van der Waals surface area (Å²) in [6.45, 7) is 0. The van der Waals surface area contributed by atoms with Gasteiger partial charge in [-0.2, -0.15) is 13.2 Å². The number of para-hydroxylation sites is 1. The van der Waals surface area contributed by atoms with Crippen LogP contribution in [0, 0.1) is 5.82 Å². The second-order valence-corrected chi connectivity index (χ2v) is 6.00. The van der Waals surface area contributed by atoms with Gasteiger partial charge in [0.1, 0.15) is 11.6 Å². The molecule has 2 amide bonds. The van der Waals surface area contributed by atoms with Crippen molar-refractivity contribution in [3.63, 3.8) is 0 Å². The number of amides is 2. The summed E-state index contributed by atoms with van der Waals surface area (Å²) in [7, 11) is 1.10. The Kier molecular flexibility index (Phi) is 4.88. The van der Waals surface area contributed by atoms with E-state index in [4.69, 9.17) is 0 Å². The van der Waals surface area contributed by atoms with Crippen LogP contribution in [0.5, 0.6) is 5.75 Å². The lowest BCUT2D eigenvalue weighted by atomic mass is 9.96. The number of anilines is 2. The molecule has 1 heterocycles. The topological polar surface area (TPSA) is 78.9 Å². The number of ether oxygens (including phenoxy) is 1. The van der Waals surface area contributed by atoms with E-state index in [0.29, 0.717) is 12.1 Å². The molecule has 148 valence electrons. The van der Waals surface area contributed by atoms with Gasteiger partial charge in [-0.1, -0.05) is 12.1 Å². The molecule has 6 nitrogen and oxygen atoms in total. The molecular formula is C18H14F4N2O4. The van der Waals surface area contributed by atoms with E-state index >= 15 is 0 Å². The van der Waals surface area contributed by atoms with E-state index in [2.05, 4.69) is 10.1 Å². The third-order valence-corrected chi connectivity index (χ3v) is 4.32. The van der Waals surface area contributed by atoms with Crippen molar-refractivity contribution in [2.45, 2.75) is 18.6 Å². The van der Waals surface area contributed by atoms with Gasteiger partial charge < -0.3 is 15.2 Å². The number of methoxy groups -OCH3 is 1. The SMILES string of the molecule is COC(=O)CC1c2cccc(F)c2NC(=O)N1c1cc(C(F)(F)F)ccc1O. The molecule has 0 aromatic heterocycles. The molecule has 1 unspecified atom stereocenters. The van der Waals surface area contributed by atoms with Crippen molar-refractivity contribution in [1.29, 1.82) is 0 Å². The molecule has 0 bridgehead atoms. The Morgan fingerprint density at radius 1 is 1.29 bits per heavy atom. The second-order valence-electron chi connectivity index (χ2n) is 6.00. The normalized spacial score (nSPS) is 16.4. The van der Waals surface area contributed by atoms with Gasteiger partial charge in [-0.15, -0.1) is 0 Å². The van der Waals surface area contributed by atoms with Crippen LogP contribution >= 0.6 is 0 Å². The Bertz CT molecular complexity index is 946. The van der Waals surface area contributed by atoms with E-state index in [0.717, 1.165) is 24.1 Å². The molecule has 2 aromatic rings. The molecule has 1 aliphatic rings. The molecule has 3 rings (SSSR count). The van der Waals surface area contributed by atoms with Crippen molar-refractivity contribution >= 4 is 23.4 Å². The van der Waals surface area contributed by atoms with E-state index in [1.54, 1.807) is 0 Å². The first-order valence-electron chi connectivity index (χ1n) is 7.99. The quantitative estimate of drug-likeness (QED) is 0.600. The monoisotopic (exact) mass is 398 g/mol. The number of carbonyl (C=O) groups excluding carboxylic acids is 2. The Labute approximate surface area is 156 Å². The maximum absolute atomic E-state index is 14.1. The average molecular weight is 398 g/mol. The lowest BCUT2D eigenvalue weighted by Crippen LogP contribution is -2.44. The summed E-state index contributed by atoms with van der Waals surface area (Å²) in [5.41, 5.74) is -1.61. The minimum atomic E-state index is -4.73. The number of benzene rings is 2. The standard InChI is InChI=1S/C18H14F4N2O4/c1-28-15(26)8-12-10-3-2-4-11(19)16(10)23-17(27)24(12)13-7-9(18(20,21)22)5-6-14(13)25/h2-7,12,25H,8H2,1H3,(H,23,27). The smallest absolute Gasteiger partial charge is 0.416 e. The predicted octanol–water partition coefficient (Wildman–Crippen LogP) is 4.21. The zero-order valence-corrected chi connectivity index (χ0v) is 14.4. The van der Waals surface area contributed by atoms with Gasteiger partial charge in [-0.05, 0) is 24.3 Å². The number of phenols is 1. The summed E-state index contributed by atoms with van der Waals surface area (Å²) in [5.74, 6) is -2.15. The van der Waals surface area contributed by atoms with Crippen molar-refractivity contribution < 1.29 is 37.0 Å². The molecule has 0 aliphatic carbocycles. The number of carbonyl (C=O) groups is 2. The van der Waals surface area contributed by atoms with Crippen molar-refractivity contribution in [3.8, 4) is 5.75 Å². The van der Waals surface area contributed by atoms with E-state index < -0.39 is 53.5 Å². The number of halogens is 4. The molecule has 2 N–H and O–H groups in total. The van der Waals surface area contributed by atoms with Gasteiger partial charge in [-0.25, -0.2) is 9.18 Å². The Morgan fingerprint density at radius 2 is 2.00 bits per heavy atom. The van der Waals surface area contributed by atoms with Crippen LogP contribution in [0.25, 0.3) is 0 Å². The number of esters is 1. The molecular weight excluding hydrogens is 384 g/mol. The highest BCUT2D eigenvalue weighted by molar-refractivity contribution is 6.06. The van der Waals surface area contributed by atoms with E-state index in [9.17, 15) is 32.3 Å². The van der Waals surface area contributed by atoms with Gasteiger partial charge in [0.2, 0.25) is 0 Å². The van der Waals surface area contributed by atoms with Crippen LogP contribution < -0.4 is 10.2 Å². The molecule has 1 atom stereocenters. The van der Waals surface area contributed by atoms with Gasteiger partial charge in [0.05, 0.1) is 36.5 Å². The van der Waals surface area contributed by atoms with Crippen molar-refractivity contribution in [1.82, 2.24) is 0 Å². The summed E-state index contributed by atoms with van der Waals surface area (Å²) in [6, 6.07) is 3.69. The number of hydrogen-bond acceptors (Lipinski definition) is 4. The highest BCUT2D eigenvalue weighted by atomic mass is 19.4. The van der Waals surface area contributed by atoms with E-state index in [1.807, 2.05) is 0 Å². The molecule has 0 radical (unpaired) electrons. The lowest BCUT2D eigenvalue weighted by molar-refractivity contribution is -0.141. The van der Waals surface area contributed by atoms with E-state index in [-0.39, 0.29) is 11.3 Å². The van der Waals surface area contributed by atoms with Crippen LogP contribution in [0.4, 0.5) is 33.7 Å². The van der Waals surface area contributed by atoms with Gasteiger partial charge in [-0.3, -0.25) is 9.69 Å². The lowest BCUT2D eigenvalue weighted by Gasteiger charge is -2.37. The maximum atomic E-state index is 14.1. The molecule has 28 heavy (non-hydrogen) atoms. The number of urea groups is 1. The Balaban J connectivity index is 2.18. The number of hydrogen-bond donors (Lipinski definition) is 2. The fourth-order valence-corrected chi connectivity index (χ4v) is 3.01. The first-order valence-corrected chi connectivity index (χ1v) is 7.99. The number of alkyl halides is 3. The molecule has 2 aromatic carbocycles. The van der Waals surface area contributed by atoms with Gasteiger partial charge in [0.25, 0.3) is 0 Å². The van der Waals surface area contributed by atoms with Crippen LogP contribution in [0.1, 0.15) is 23.6 Å². The first-order chi connectivity index (χ1) is 13.1. The second kappa shape index (κ2) is 7.02. The minimum absolute atomic E-state index is 0.154. The van der Waals surface area contributed by atoms with Crippen LogP contribution in [0.15, 0.2) is 36.4 Å². The molecule has 1 aliphatic heterocycles.